The molecule has 0 radical (unpaired) electrons. The second kappa shape index (κ2) is 4.96. The summed E-state index contributed by atoms with van der Waals surface area (Å²) in [5.41, 5.74) is 1.53. The van der Waals surface area contributed by atoms with E-state index in [0.717, 1.165) is 5.56 Å². The maximum atomic E-state index is 12.3. The zero-order chi connectivity index (χ0) is 14.9. The van der Waals surface area contributed by atoms with Crippen LogP contribution in [0.1, 0.15) is 41.2 Å². The summed E-state index contributed by atoms with van der Waals surface area (Å²) in [6, 6.07) is 10.6. The zero-order valence-electron chi connectivity index (χ0n) is 11.7. The van der Waals surface area contributed by atoms with E-state index in [1.54, 1.807) is 38.1 Å². The fraction of sp³-hybridized carbons (Fsp3) is 0.250. The number of nitrogens with one attached hydrogen (secondary N) is 1. The minimum Gasteiger partial charge on any atom is -0.481 e. The Labute approximate surface area is 117 Å². The average Bonchev–Trinajstić information content (AvgIpc) is 2.88. The van der Waals surface area contributed by atoms with E-state index in [4.69, 9.17) is 0 Å². The van der Waals surface area contributed by atoms with E-state index >= 15 is 0 Å². The molecule has 1 heterocycles. The van der Waals surface area contributed by atoms with Gasteiger partial charge in [-0.3, -0.25) is 9.59 Å². The molecular formula is C16H17NO3. The van der Waals surface area contributed by atoms with Crippen LogP contribution in [0.5, 0.6) is 0 Å². The minimum atomic E-state index is -1.05. The summed E-state index contributed by atoms with van der Waals surface area (Å²) in [6.07, 6.45) is 0. The SMILES string of the molecule is Cc1ccc(C(=O)c2ccc(C(C)(C)C(=O)O)[nH]2)cc1. The largest absolute Gasteiger partial charge is 0.481 e. The first-order valence-electron chi connectivity index (χ1n) is 6.36. The summed E-state index contributed by atoms with van der Waals surface area (Å²) in [6.45, 7) is 5.15. The molecule has 20 heavy (non-hydrogen) atoms. The van der Waals surface area contributed by atoms with Crippen LogP contribution in [0.4, 0.5) is 0 Å². The molecule has 0 fully saturated rings. The number of hydrogen-bond acceptors (Lipinski definition) is 2. The van der Waals surface area contributed by atoms with Gasteiger partial charge in [0.15, 0.2) is 0 Å². The lowest BCUT2D eigenvalue weighted by Crippen LogP contribution is -2.29. The summed E-state index contributed by atoms with van der Waals surface area (Å²) in [5, 5.41) is 9.19. The highest BCUT2D eigenvalue weighted by molar-refractivity contribution is 6.07. The number of aliphatic carboxylic acids is 1. The highest BCUT2D eigenvalue weighted by Crippen LogP contribution is 2.23. The van der Waals surface area contributed by atoms with Crippen LogP contribution >= 0.6 is 0 Å². The Balaban J connectivity index is 2.31. The maximum absolute atomic E-state index is 12.3. The first-order valence-corrected chi connectivity index (χ1v) is 6.36. The molecule has 2 N–H and O–H groups in total. The Morgan fingerprint density at radius 3 is 2.20 bits per heavy atom. The van der Waals surface area contributed by atoms with E-state index < -0.39 is 11.4 Å². The fourth-order valence-electron chi connectivity index (χ4n) is 1.87. The summed E-state index contributed by atoms with van der Waals surface area (Å²) in [5.74, 6) is -1.08. The molecule has 0 spiro atoms. The number of hydrogen-bond donors (Lipinski definition) is 2. The number of aryl methyl sites for hydroxylation is 1. The van der Waals surface area contributed by atoms with Gasteiger partial charge >= 0.3 is 5.97 Å². The molecule has 0 saturated heterocycles. The van der Waals surface area contributed by atoms with Gasteiger partial charge in [0.25, 0.3) is 0 Å². The van der Waals surface area contributed by atoms with E-state index in [-0.39, 0.29) is 5.78 Å². The van der Waals surface area contributed by atoms with Crippen LogP contribution in [-0.2, 0) is 10.2 Å². The summed E-state index contributed by atoms with van der Waals surface area (Å²) < 4.78 is 0. The van der Waals surface area contributed by atoms with E-state index in [1.165, 1.54) is 0 Å². The Bertz CT molecular complexity index is 651. The average molecular weight is 271 g/mol. The number of carbonyl (C=O) groups is 2. The number of benzene rings is 1. The van der Waals surface area contributed by atoms with Crippen molar-refractivity contribution in [2.45, 2.75) is 26.2 Å². The molecule has 1 aromatic carbocycles. The summed E-state index contributed by atoms with van der Waals surface area (Å²) in [4.78, 5) is 26.4. The van der Waals surface area contributed by atoms with Gasteiger partial charge in [-0.05, 0) is 32.9 Å². The molecule has 1 aromatic heterocycles. The number of aromatic amines is 1. The molecule has 2 rings (SSSR count). The van der Waals surface area contributed by atoms with Crippen molar-refractivity contribution in [1.82, 2.24) is 4.98 Å². The number of carboxylic acids is 1. The van der Waals surface area contributed by atoms with Gasteiger partial charge in [0.1, 0.15) is 5.41 Å². The third-order valence-electron chi connectivity index (χ3n) is 3.45. The summed E-state index contributed by atoms with van der Waals surface area (Å²) in [7, 11) is 0. The molecule has 0 aliphatic heterocycles. The maximum Gasteiger partial charge on any atom is 0.315 e. The first kappa shape index (κ1) is 14.1. The van der Waals surface area contributed by atoms with Crippen LogP contribution in [-0.4, -0.2) is 21.8 Å². The normalized spacial score (nSPS) is 11.3. The fourth-order valence-corrected chi connectivity index (χ4v) is 1.87. The van der Waals surface area contributed by atoms with Crippen molar-refractivity contribution in [3.05, 3.63) is 58.9 Å². The van der Waals surface area contributed by atoms with Gasteiger partial charge in [0, 0.05) is 11.3 Å². The van der Waals surface area contributed by atoms with Crippen LogP contribution in [0.3, 0.4) is 0 Å². The number of aromatic nitrogens is 1. The summed E-state index contributed by atoms with van der Waals surface area (Å²) >= 11 is 0. The minimum absolute atomic E-state index is 0.141. The van der Waals surface area contributed by atoms with Gasteiger partial charge in [-0.1, -0.05) is 29.8 Å². The van der Waals surface area contributed by atoms with Crippen molar-refractivity contribution >= 4 is 11.8 Å². The van der Waals surface area contributed by atoms with Crippen molar-refractivity contribution in [3.63, 3.8) is 0 Å². The van der Waals surface area contributed by atoms with Gasteiger partial charge in [-0.25, -0.2) is 0 Å². The lowest BCUT2D eigenvalue weighted by molar-refractivity contribution is -0.142. The highest BCUT2D eigenvalue weighted by atomic mass is 16.4. The van der Waals surface area contributed by atoms with E-state index in [0.29, 0.717) is 17.0 Å². The zero-order valence-corrected chi connectivity index (χ0v) is 11.7. The molecule has 0 aliphatic rings. The first-order chi connectivity index (χ1) is 9.32. The number of carboxylic acid groups (broad SMARTS) is 1. The van der Waals surface area contributed by atoms with Crippen LogP contribution < -0.4 is 0 Å². The molecular weight excluding hydrogens is 254 g/mol. The molecule has 0 aliphatic carbocycles. The quantitative estimate of drug-likeness (QED) is 0.840. The van der Waals surface area contributed by atoms with Crippen molar-refractivity contribution in [2.24, 2.45) is 0 Å². The predicted molar refractivity (Wildman–Crippen MR) is 76.1 cm³/mol. The molecule has 4 heteroatoms. The van der Waals surface area contributed by atoms with Crippen LogP contribution in [0.25, 0.3) is 0 Å². The van der Waals surface area contributed by atoms with Gasteiger partial charge in [-0.15, -0.1) is 0 Å². The monoisotopic (exact) mass is 271 g/mol. The molecule has 104 valence electrons. The van der Waals surface area contributed by atoms with Crippen molar-refractivity contribution < 1.29 is 14.7 Å². The van der Waals surface area contributed by atoms with Crippen LogP contribution in [0.2, 0.25) is 0 Å². The Morgan fingerprint density at radius 1 is 1.05 bits per heavy atom. The van der Waals surface area contributed by atoms with Crippen molar-refractivity contribution in [1.29, 1.82) is 0 Å². The van der Waals surface area contributed by atoms with Crippen molar-refractivity contribution in [2.75, 3.05) is 0 Å². The molecule has 0 amide bonds. The second-order valence-corrected chi connectivity index (χ2v) is 5.41. The van der Waals surface area contributed by atoms with Gasteiger partial charge in [-0.2, -0.15) is 0 Å². The lowest BCUT2D eigenvalue weighted by atomic mass is 9.90. The molecule has 0 bridgehead atoms. The second-order valence-electron chi connectivity index (χ2n) is 5.41. The molecule has 4 nitrogen and oxygen atoms in total. The topological polar surface area (TPSA) is 70.2 Å². The number of rotatable bonds is 4. The van der Waals surface area contributed by atoms with E-state index in [1.807, 2.05) is 19.1 Å². The van der Waals surface area contributed by atoms with Gasteiger partial charge in [0.05, 0.1) is 5.69 Å². The molecule has 0 saturated carbocycles. The van der Waals surface area contributed by atoms with Gasteiger partial charge in [0.2, 0.25) is 5.78 Å². The Kier molecular flexibility index (Phi) is 3.49. The van der Waals surface area contributed by atoms with E-state index in [2.05, 4.69) is 4.98 Å². The van der Waals surface area contributed by atoms with Crippen LogP contribution in [0, 0.1) is 6.92 Å². The number of H-pyrrole nitrogens is 1. The number of carbonyl (C=O) groups excluding carboxylic acids is 1. The van der Waals surface area contributed by atoms with Crippen molar-refractivity contribution in [3.8, 4) is 0 Å². The molecule has 0 atom stereocenters. The molecule has 2 aromatic rings. The Morgan fingerprint density at radius 2 is 1.65 bits per heavy atom. The predicted octanol–water partition coefficient (Wildman–Crippen LogP) is 2.92. The van der Waals surface area contributed by atoms with Gasteiger partial charge < -0.3 is 10.1 Å². The van der Waals surface area contributed by atoms with E-state index in [9.17, 15) is 14.7 Å². The standard InChI is InChI=1S/C16H17NO3/c1-10-4-6-11(7-5-10)14(18)12-8-9-13(17-12)16(2,3)15(19)20/h4-9,17H,1-3H3,(H,19,20). The highest BCUT2D eigenvalue weighted by Gasteiger charge is 2.31. The smallest absolute Gasteiger partial charge is 0.315 e. The van der Waals surface area contributed by atoms with Crippen LogP contribution in [0.15, 0.2) is 36.4 Å². The molecule has 0 unspecified atom stereocenters. The number of ketones is 1. The lowest BCUT2D eigenvalue weighted by Gasteiger charge is -2.17. The third-order valence-corrected chi connectivity index (χ3v) is 3.45. The third kappa shape index (κ3) is 2.50. The Hall–Kier alpha value is -2.36.